The van der Waals surface area contributed by atoms with Gasteiger partial charge in [0.25, 0.3) is 0 Å². The first-order valence-electron chi connectivity index (χ1n) is 10.7. The highest BCUT2D eigenvalue weighted by Crippen LogP contribution is 2.31. The van der Waals surface area contributed by atoms with Crippen LogP contribution in [0.15, 0.2) is 47.4 Å². The molecule has 2 aromatic carbocycles. The van der Waals surface area contributed by atoms with Gasteiger partial charge in [0.15, 0.2) is 5.13 Å². The first-order valence-corrected chi connectivity index (χ1v) is 12.5. The number of rotatable bonds is 9. The average molecular weight is 475 g/mol. The van der Waals surface area contributed by atoms with E-state index in [1.807, 2.05) is 18.2 Å². The number of nitrogens with one attached hydrogen (secondary N) is 1. The smallest absolute Gasteiger partial charge is 0.220 e. The molecule has 170 valence electrons. The highest BCUT2D eigenvalue weighted by molar-refractivity contribution is 7.99. The second-order valence-electron chi connectivity index (χ2n) is 7.56. The first-order chi connectivity index (χ1) is 15.6. The van der Waals surface area contributed by atoms with Crippen LogP contribution in [0.2, 0.25) is 0 Å². The van der Waals surface area contributed by atoms with E-state index < -0.39 is 0 Å². The van der Waals surface area contributed by atoms with Crippen LogP contribution >= 0.6 is 23.1 Å². The molecule has 0 spiro atoms. The number of aromatic nitrogens is 1. The van der Waals surface area contributed by atoms with Crippen LogP contribution < -0.4 is 15.0 Å². The van der Waals surface area contributed by atoms with Crippen molar-refractivity contribution in [1.82, 2.24) is 15.2 Å². The molecule has 1 aliphatic rings. The fourth-order valence-electron chi connectivity index (χ4n) is 3.55. The fourth-order valence-corrected chi connectivity index (χ4v) is 5.45. The number of amides is 1. The molecule has 2 heterocycles. The molecule has 3 aromatic rings. The number of halogens is 1. The molecule has 4 rings (SSSR count). The number of carbonyl (C=O) groups excluding carboxylic acids is 1. The summed E-state index contributed by atoms with van der Waals surface area (Å²) in [6.45, 7) is 5.27. The molecule has 0 radical (unpaired) electrons. The van der Waals surface area contributed by atoms with Gasteiger partial charge in [-0.25, -0.2) is 9.37 Å². The number of anilines is 1. The van der Waals surface area contributed by atoms with Crippen LogP contribution in [-0.4, -0.2) is 67.9 Å². The number of benzene rings is 2. The molecule has 1 aromatic heterocycles. The molecule has 1 fully saturated rings. The number of fused-ring (bicyclic) bond motifs is 1. The molecule has 6 nitrogen and oxygen atoms in total. The van der Waals surface area contributed by atoms with E-state index in [1.54, 1.807) is 42.3 Å². The van der Waals surface area contributed by atoms with Gasteiger partial charge < -0.3 is 15.0 Å². The van der Waals surface area contributed by atoms with Crippen LogP contribution in [0.1, 0.15) is 6.42 Å². The van der Waals surface area contributed by atoms with Crippen LogP contribution in [0.3, 0.4) is 0 Å². The van der Waals surface area contributed by atoms with E-state index in [1.165, 1.54) is 12.1 Å². The van der Waals surface area contributed by atoms with Gasteiger partial charge in [-0.3, -0.25) is 9.69 Å². The van der Waals surface area contributed by atoms with Crippen LogP contribution in [0, 0.1) is 5.82 Å². The van der Waals surface area contributed by atoms with Crippen molar-refractivity contribution >= 4 is 44.4 Å². The number of hydrogen-bond donors (Lipinski definition) is 1. The fraction of sp³-hybridized carbons (Fsp3) is 0.391. The lowest BCUT2D eigenvalue weighted by Crippen LogP contribution is -2.48. The van der Waals surface area contributed by atoms with E-state index in [2.05, 4.69) is 15.1 Å². The summed E-state index contributed by atoms with van der Waals surface area (Å²) in [6.07, 6.45) is 0.457. The van der Waals surface area contributed by atoms with E-state index in [9.17, 15) is 9.18 Å². The van der Waals surface area contributed by atoms with E-state index in [0.29, 0.717) is 18.7 Å². The van der Waals surface area contributed by atoms with Crippen molar-refractivity contribution in [3.8, 4) is 5.75 Å². The average Bonchev–Trinajstić information content (AvgIpc) is 3.24. The monoisotopic (exact) mass is 474 g/mol. The quantitative estimate of drug-likeness (QED) is 0.475. The number of piperazine rings is 1. The Morgan fingerprint density at radius 2 is 1.97 bits per heavy atom. The molecule has 1 aliphatic heterocycles. The highest BCUT2D eigenvalue weighted by atomic mass is 32.2. The van der Waals surface area contributed by atoms with Gasteiger partial charge in [-0.15, -0.1) is 11.8 Å². The van der Waals surface area contributed by atoms with E-state index in [0.717, 1.165) is 58.7 Å². The summed E-state index contributed by atoms with van der Waals surface area (Å²) >= 11 is 3.27. The Bertz CT molecular complexity index is 1040. The number of thiazole rings is 1. The molecule has 1 saturated heterocycles. The molecular formula is C23H27FN4O2S2. The molecule has 0 unspecified atom stereocenters. The van der Waals surface area contributed by atoms with Gasteiger partial charge >= 0.3 is 0 Å². The maximum absolute atomic E-state index is 12.9. The lowest BCUT2D eigenvalue weighted by molar-refractivity contribution is -0.120. The van der Waals surface area contributed by atoms with Crippen molar-refractivity contribution in [2.75, 3.05) is 57.0 Å². The minimum absolute atomic E-state index is 0.0585. The maximum atomic E-state index is 12.9. The molecule has 9 heteroatoms. The third-order valence-corrected chi connectivity index (χ3v) is 7.48. The van der Waals surface area contributed by atoms with Gasteiger partial charge in [-0.05, 0) is 42.5 Å². The predicted molar refractivity (Wildman–Crippen MR) is 130 cm³/mol. The molecule has 1 N–H and O–H groups in total. The number of carbonyl (C=O) groups is 1. The molecule has 0 saturated carbocycles. The minimum atomic E-state index is -0.242. The summed E-state index contributed by atoms with van der Waals surface area (Å²) in [7, 11) is 1.68. The minimum Gasteiger partial charge on any atom is -0.497 e. The lowest BCUT2D eigenvalue weighted by Gasteiger charge is -2.34. The van der Waals surface area contributed by atoms with Crippen LogP contribution in [-0.2, 0) is 4.79 Å². The summed E-state index contributed by atoms with van der Waals surface area (Å²) < 4.78 is 19.4. The molecule has 32 heavy (non-hydrogen) atoms. The standard InChI is InChI=1S/C23H27FN4O2S2/c1-30-18-4-7-20-21(16-18)32-23(26-20)28-13-11-27(12-14-28)10-9-25-22(29)8-15-31-19-5-2-17(24)3-6-19/h2-7,16H,8-15H2,1H3,(H,25,29). The Balaban J connectivity index is 1.14. The zero-order valence-electron chi connectivity index (χ0n) is 18.1. The summed E-state index contributed by atoms with van der Waals surface area (Å²) in [4.78, 5) is 22.5. The van der Waals surface area contributed by atoms with Crippen molar-refractivity contribution in [2.24, 2.45) is 0 Å². The van der Waals surface area contributed by atoms with Gasteiger partial charge in [-0.1, -0.05) is 11.3 Å². The Morgan fingerprint density at radius 3 is 2.72 bits per heavy atom. The Kier molecular flexibility index (Phi) is 7.83. The molecular weight excluding hydrogens is 447 g/mol. The maximum Gasteiger partial charge on any atom is 0.220 e. The van der Waals surface area contributed by atoms with Crippen LogP contribution in [0.4, 0.5) is 9.52 Å². The predicted octanol–water partition coefficient (Wildman–Crippen LogP) is 3.86. The Labute approximate surface area is 195 Å². The van der Waals surface area contributed by atoms with Gasteiger partial charge in [0.05, 0.1) is 17.3 Å². The largest absolute Gasteiger partial charge is 0.497 e. The van der Waals surface area contributed by atoms with Crippen molar-refractivity contribution < 1.29 is 13.9 Å². The number of methoxy groups -OCH3 is 1. The first kappa shape index (κ1) is 22.8. The van der Waals surface area contributed by atoms with Crippen molar-refractivity contribution in [1.29, 1.82) is 0 Å². The van der Waals surface area contributed by atoms with E-state index in [-0.39, 0.29) is 11.7 Å². The topological polar surface area (TPSA) is 57.7 Å². The van der Waals surface area contributed by atoms with Crippen LogP contribution in [0.5, 0.6) is 5.75 Å². The highest BCUT2D eigenvalue weighted by Gasteiger charge is 2.20. The Hall–Kier alpha value is -2.36. The molecule has 1 amide bonds. The summed E-state index contributed by atoms with van der Waals surface area (Å²) in [5.41, 5.74) is 1.01. The summed E-state index contributed by atoms with van der Waals surface area (Å²) in [6, 6.07) is 12.3. The van der Waals surface area contributed by atoms with Crippen molar-refractivity contribution in [2.45, 2.75) is 11.3 Å². The van der Waals surface area contributed by atoms with Crippen LogP contribution in [0.25, 0.3) is 10.2 Å². The number of nitrogens with zero attached hydrogens (tertiary/aromatic N) is 3. The van der Waals surface area contributed by atoms with Gasteiger partial charge in [0.1, 0.15) is 11.6 Å². The van der Waals surface area contributed by atoms with E-state index in [4.69, 9.17) is 9.72 Å². The molecule has 0 atom stereocenters. The van der Waals surface area contributed by atoms with Gasteiger partial charge in [0, 0.05) is 56.3 Å². The Morgan fingerprint density at radius 1 is 1.19 bits per heavy atom. The zero-order chi connectivity index (χ0) is 22.3. The van der Waals surface area contributed by atoms with Crippen molar-refractivity contribution in [3.63, 3.8) is 0 Å². The SMILES string of the molecule is COc1ccc2nc(N3CCN(CCNC(=O)CCSc4ccc(F)cc4)CC3)sc2c1. The zero-order valence-corrected chi connectivity index (χ0v) is 19.7. The molecule has 0 bridgehead atoms. The van der Waals surface area contributed by atoms with E-state index >= 15 is 0 Å². The summed E-state index contributed by atoms with van der Waals surface area (Å²) in [5.74, 6) is 1.36. The number of thioether (sulfide) groups is 1. The second kappa shape index (κ2) is 11.0. The number of hydrogen-bond acceptors (Lipinski definition) is 7. The third-order valence-electron chi connectivity index (χ3n) is 5.39. The molecule has 0 aliphatic carbocycles. The van der Waals surface area contributed by atoms with Gasteiger partial charge in [-0.2, -0.15) is 0 Å². The lowest BCUT2D eigenvalue weighted by atomic mass is 10.3. The number of ether oxygens (including phenoxy) is 1. The normalized spacial score (nSPS) is 14.6. The summed E-state index contributed by atoms with van der Waals surface area (Å²) in [5, 5.41) is 4.06. The second-order valence-corrected chi connectivity index (χ2v) is 9.74. The van der Waals surface area contributed by atoms with Gasteiger partial charge in [0.2, 0.25) is 5.91 Å². The third kappa shape index (κ3) is 6.11. The van der Waals surface area contributed by atoms with Crippen molar-refractivity contribution in [3.05, 3.63) is 48.3 Å².